The van der Waals surface area contributed by atoms with Crippen molar-refractivity contribution in [3.05, 3.63) is 47.5 Å². The second-order valence-corrected chi connectivity index (χ2v) is 7.93. The highest BCUT2D eigenvalue weighted by atomic mass is 15.3. The van der Waals surface area contributed by atoms with Crippen LogP contribution in [0.25, 0.3) is 0 Å². The fraction of sp³-hybridized carbons (Fsp3) is 0.619. The SMILES string of the molecule is Cn1c(CN2CCCCC2)nnc1C1CCCN(Cc2ccccc2)C1. The fourth-order valence-corrected chi connectivity index (χ4v) is 4.44. The Morgan fingerprint density at radius 2 is 1.65 bits per heavy atom. The van der Waals surface area contributed by atoms with Gasteiger partial charge in [-0.05, 0) is 50.9 Å². The lowest BCUT2D eigenvalue weighted by molar-refractivity contribution is 0.194. The van der Waals surface area contributed by atoms with Crippen LogP contribution in [0.5, 0.6) is 0 Å². The summed E-state index contributed by atoms with van der Waals surface area (Å²) in [5.41, 5.74) is 1.40. The predicted octanol–water partition coefficient (Wildman–Crippen LogP) is 3.18. The van der Waals surface area contributed by atoms with Crippen molar-refractivity contribution in [2.75, 3.05) is 26.2 Å². The quantitative estimate of drug-likeness (QED) is 0.827. The van der Waals surface area contributed by atoms with Crippen LogP contribution in [-0.4, -0.2) is 50.7 Å². The van der Waals surface area contributed by atoms with Crippen LogP contribution in [-0.2, 0) is 20.1 Å². The maximum atomic E-state index is 4.61. The third-order valence-electron chi connectivity index (χ3n) is 5.93. The van der Waals surface area contributed by atoms with E-state index in [-0.39, 0.29) is 0 Å². The number of nitrogens with zero attached hydrogens (tertiary/aromatic N) is 5. The average molecular weight is 354 g/mol. The third-order valence-corrected chi connectivity index (χ3v) is 5.93. The van der Waals surface area contributed by atoms with Gasteiger partial charge in [0.1, 0.15) is 11.6 Å². The predicted molar refractivity (Wildman–Crippen MR) is 104 cm³/mol. The van der Waals surface area contributed by atoms with Gasteiger partial charge >= 0.3 is 0 Å². The Labute approximate surface area is 157 Å². The molecule has 1 unspecified atom stereocenters. The highest BCUT2D eigenvalue weighted by Gasteiger charge is 2.26. The summed E-state index contributed by atoms with van der Waals surface area (Å²) >= 11 is 0. The highest BCUT2D eigenvalue weighted by molar-refractivity contribution is 5.15. The maximum Gasteiger partial charge on any atom is 0.146 e. The van der Waals surface area contributed by atoms with E-state index in [1.807, 2.05) is 0 Å². The molecule has 0 saturated carbocycles. The van der Waals surface area contributed by atoms with Crippen molar-refractivity contribution in [1.82, 2.24) is 24.6 Å². The fourth-order valence-electron chi connectivity index (χ4n) is 4.44. The largest absolute Gasteiger partial charge is 0.317 e. The van der Waals surface area contributed by atoms with E-state index >= 15 is 0 Å². The highest BCUT2D eigenvalue weighted by Crippen LogP contribution is 2.27. The summed E-state index contributed by atoms with van der Waals surface area (Å²) in [5, 5.41) is 9.15. The second-order valence-electron chi connectivity index (χ2n) is 7.93. The Bertz CT molecular complexity index is 690. The minimum Gasteiger partial charge on any atom is -0.317 e. The number of hydrogen-bond donors (Lipinski definition) is 0. The van der Waals surface area contributed by atoms with Crippen LogP contribution < -0.4 is 0 Å². The van der Waals surface area contributed by atoms with Gasteiger partial charge in [-0.3, -0.25) is 9.80 Å². The number of rotatable bonds is 5. The van der Waals surface area contributed by atoms with E-state index in [0.717, 1.165) is 25.5 Å². The molecule has 1 aromatic heterocycles. The molecule has 0 radical (unpaired) electrons. The molecular formula is C21H31N5. The lowest BCUT2D eigenvalue weighted by Crippen LogP contribution is -2.35. The summed E-state index contributed by atoms with van der Waals surface area (Å²) in [7, 11) is 2.16. The summed E-state index contributed by atoms with van der Waals surface area (Å²) in [6, 6.07) is 10.8. The number of likely N-dealkylation sites (tertiary alicyclic amines) is 2. The number of piperidine rings is 2. The van der Waals surface area contributed by atoms with E-state index in [2.05, 4.69) is 61.9 Å². The van der Waals surface area contributed by atoms with Crippen LogP contribution in [0.1, 0.15) is 55.2 Å². The van der Waals surface area contributed by atoms with Crippen LogP contribution in [0.2, 0.25) is 0 Å². The zero-order valence-electron chi connectivity index (χ0n) is 16.0. The molecular weight excluding hydrogens is 322 g/mol. The van der Waals surface area contributed by atoms with Crippen molar-refractivity contribution in [1.29, 1.82) is 0 Å². The van der Waals surface area contributed by atoms with Crippen LogP contribution in [0.3, 0.4) is 0 Å². The van der Waals surface area contributed by atoms with Crippen LogP contribution >= 0.6 is 0 Å². The minimum atomic E-state index is 0.500. The first kappa shape index (κ1) is 17.7. The molecule has 5 nitrogen and oxygen atoms in total. The maximum absolute atomic E-state index is 4.61. The van der Waals surface area contributed by atoms with E-state index in [9.17, 15) is 0 Å². The lowest BCUT2D eigenvalue weighted by Gasteiger charge is -2.32. The molecule has 2 aliphatic heterocycles. The van der Waals surface area contributed by atoms with Crippen molar-refractivity contribution in [2.45, 2.75) is 51.1 Å². The van der Waals surface area contributed by atoms with Crippen LogP contribution in [0.15, 0.2) is 30.3 Å². The number of aromatic nitrogens is 3. The molecule has 0 amide bonds. The van der Waals surface area contributed by atoms with Crippen molar-refractivity contribution < 1.29 is 0 Å². The molecule has 0 N–H and O–H groups in total. The average Bonchev–Trinajstić information content (AvgIpc) is 3.04. The van der Waals surface area contributed by atoms with Crippen molar-refractivity contribution in [3.63, 3.8) is 0 Å². The molecule has 0 aliphatic carbocycles. The minimum absolute atomic E-state index is 0.500. The van der Waals surface area contributed by atoms with Crippen molar-refractivity contribution >= 4 is 0 Å². The molecule has 26 heavy (non-hydrogen) atoms. The zero-order chi connectivity index (χ0) is 17.8. The second kappa shape index (κ2) is 8.31. The summed E-state index contributed by atoms with van der Waals surface area (Å²) in [6.45, 7) is 6.67. The van der Waals surface area contributed by atoms with E-state index in [4.69, 9.17) is 0 Å². The van der Waals surface area contributed by atoms with Gasteiger partial charge in [-0.1, -0.05) is 36.8 Å². The van der Waals surface area contributed by atoms with Crippen LogP contribution in [0, 0.1) is 0 Å². The summed E-state index contributed by atoms with van der Waals surface area (Å²) < 4.78 is 2.27. The molecule has 2 fully saturated rings. The van der Waals surface area contributed by atoms with Gasteiger partial charge in [0.15, 0.2) is 0 Å². The molecule has 0 spiro atoms. The molecule has 1 atom stereocenters. The standard InChI is InChI=1S/C21H31N5/c1-24-20(17-25-12-6-3-7-13-25)22-23-21(24)19-11-8-14-26(16-19)15-18-9-4-2-5-10-18/h2,4-5,9-10,19H,3,6-8,11-17H2,1H3. The Balaban J connectivity index is 1.40. The van der Waals surface area contributed by atoms with Gasteiger partial charge in [-0.15, -0.1) is 10.2 Å². The van der Waals surface area contributed by atoms with E-state index in [1.54, 1.807) is 0 Å². The van der Waals surface area contributed by atoms with E-state index in [1.165, 1.54) is 63.1 Å². The van der Waals surface area contributed by atoms with Crippen molar-refractivity contribution in [3.8, 4) is 0 Å². The normalized spacial score (nSPS) is 22.6. The Morgan fingerprint density at radius 1 is 0.885 bits per heavy atom. The van der Waals surface area contributed by atoms with Crippen molar-refractivity contribution in [2.24, 2.45) is 7.05 Å². The molecule has 1 aromatic carbocycles. The Hall–Kier alpha value is -1.72. The summed E-state index contributed by atoms with van der Waals surface area (Å²) in [4.78, 5) is 5.10. The van der Waals surface area contributed by atoms with Gasteiger partial charge in [0.05, 0.1) is 6.54 Å². The zero-order valence-corrected chi connectivity index (χ0v) is 16.0. The topological polar surface area (TPSA) is 37.2 Å². The first-order chi connectivity index (χ1) is 12.8. The van der Waals surface area contributed by atoms with E-state index in [0.29, 0.717) is 5.92 Å². The third kappa shape index (κ3) is 4.15. The molecule has 5 heteroatoms. The molecule has 4 rings (SSSR count). The number of hydrogen-bond acceptors (Lipinski definition) is 4. The monoisotopic (exact) mass is 353 g/mol. The molecule has 3 heterocycles. The molecule has 0 bridgehead atoms. The van der Waals surface area contributed by atoms with Gasteiger partial charge in [-0.25, -0.2) is 0 Å². The van der Waals surface area contributed by atoms with Gasteiger partial charge in [0, 0.05) is 26.1 Å². The Morgan fingerprint density at radius 3 is 2.46 bits per heavy atom. The summed E-state index contributed by atoms with van der Waals surface area (Å²) in [6.07, 6.45) is 6.48. The lowest BCUT2D eigenvalue weighted by atomic mass is 9.96. The molecule has 2 aliphatic rings. The Kier molecular flexibility index (Phi) is 5.65. The van der Waals surface area contributed by atoms with Crippen LogP contribution in [0.4, 0.5) is 0 Å². The van der Waals surface area contributed by atoms with Gasteiger partial charge in [-0.2, -0.15) is 0 Å². The van der Waals surface area contributed by atoms with E-state index < -0.39 is 0 Å². The first-order valence-electron chi connectivity index (χ1n) is 10.2. The first-order valence-corrected chi connectivity index (χ1v) is 10.2. The smallest absolute Gasteiger partial charge is 0.146 e. The van der Waals surface area contributed by atoms with Gasteiger partial charge < -0.3 is 4.57 Å². The molecule has 140 valence electrons. The summed E-state index contributed by atoms with van der Waals surface area (Å²) in [5.74, 6) is 2.80. The number of benzene rings is 1. The molecule has 2 saturated heterocycles. The van der Waals surface area contributed by atoms with Gasteiger partial charge in [0.25, 0.3) is 0 Å². The molecule has 2 aromatic rings. The van der Waals surface area contributed by atoms with Gasteiger partial charge in [0.2, 0.25) is 0 Å².